The molecule has 1 aromatic heterocycles. The van der Waals surface area contributed by atoms with E-state index in [0.29, 0.717) is 9.49 Å². The fourth-order valence-corrected chi connectivity index (χ4v) is 2.31. The molecule has 0 spiro atoms. The van der Waals surface area contributed by atoms with Gasteiger partial charge in [0.05, 0.1) is 9.80 Å². The second-order valence-electron chi connectivity index (χ2n) is 3.24. The Morgan fingerprint density at radius 2 is 2.22 bits per heavy atom. The molecule has 94 valence electrons. The van der Waals surface area contributed by atoms with Gasteiger partial charge in [0.1, 0.15) is 6.61 Å². The van der Waals surface area contributed by atoms with Crippen molar-refractivity contribution in [1.29, 1.82) is 0 Å². The molecule has 1 aromatic carbocycles. The molecular formula is C10H6Cl2N2O3S. The molecule has 0 amide bonds. The highest BCUT2D eigenvalue weighted by Crippen LogP contribution is 2.31. The van der Waals surface area contributed by atoms with E-state index in [9.17, 15) is 10.1 Å². The normalized spacial score (nSPS) is 10.3. The molecule has 0 radical (unpaired) electrons. The first-order valence-electron chi connectivity index (χ1n) is 4.73. The Hall–Kier alpha value is -1.37. The zero-order chi connectivity index (χ0) is 13.1. The molecule has 2 rings (SSSR count). The molecule has 8 heteroatoms. The second-order valence-corrected chi connectivity index (χ2v) is 5.37. The number of hydrogen-bond donors (Lipinski definition) is 0. The minimum absolute atomic E-state index is 0.122. The van der Waals surface area contributed by atoms with Crippen molar-refractivity contribution < 1.29 is 9.66 Å². The summed E-state index contributed by atoms with van der Waals surface area (Å²) in [6.45, 7) is 0.158. The molecule has 0 aliphatic heterocycles. The summed E-state index contributed by atoms with van der Waals surface area (Å²) in [6, 6.07) is 4.15. The van der Waals surface area contributed by atoms with E-state index in [-0.39, 0.29) is 18.0 Å². The van der Waals surface area contributed by atoms with Gasteiger partial charge in [-0.3, -0.25) is 10.1 Å². The molecule has 0 aliphatic rings. The Morgan fingerprint density at radius 1 is 1.44 bits per heavy atom. The monoisotopic (exact) mass is 304 g/mol. The third-order valence-electron chi connectivity index (χ3n) is 2.01. The molecule has 5 nitrogen and oxygen atoms in total. The molecule has 0 bridgehead atoms. The van der Waals surface area contributed by atoms with Crippen LogP contribution in [0.5, 0.6) is 5.75 Å². The quantitative estimate of drug-likeness (QED) is 0.634. The summed E-state index contributed by atoms with van der Waals surface area (Å²) in [5.41, 5.74) is -0.130. The highest BCUT2D eigenvalue weighted by atomic mass is 35.5. The van der Waals surface area contributed by atoms with Gasteiger partial charge in [-0.2, -0.15) is 0 Å². The lowest BCUT2D eigenvalue weighted by Gasteiger charge is -2.05. The number of nitro benzene ring substituents is 1. The summed E-state index contributed by atoms with van der Waals surface area (Å²) in [6.07, 6.45) is 1.56. The van der Waals surface area contributed by atoms with Crippen LogP contribution in [0.15, 0.2) is 24.4 Å². The Balaban J connectivity index is 2.17. The lowest BCUT2D eigenvalue weighted by Crippen LogP contribution is -1.97. The van der Waals surface area contributed by atoms with Crippen LogP contribution in [-0.4, -0.2) is 9.91 Å². The van der Waals surface area contributed by atoms with Crippen LogP contribution in [0.4, 0.5) is 5.69 Å². The number of halogens is 2. The summed E-state index contributed by atoms with van der Waals surface area (Å²) in [4.78, 5) is 14.9. The lowest BCUT2D eigenvalue weighted by molar-refractivity contribution is -0.385. The maximum atomic E-state index is 10.8. The molecule has 0 N–H and O–H groups in total. The molecule has 0 aliphatic carbocycles. The van der Waals surface area contributed by atoms with E-state index >= 15 is 0 Å². The van der Waals surface area contributed by atoms with Gasteiger partial charge in [-0.25, -0.2) is 4.98 Å². The van der Waals surface area contributed by atoms with Crippen molar-refractivity contribution in [3.63, 3.8) is 0 Å². The van der Waals surface area contributed by atoms with E-state index in [1.54, 1.807) is 6.20 Å². The van der Waals surface area contributed by atoms with Gasteiger partial charge < -0.3 is 4.74 Å². The van der Waals surface area contributed by atoms with Gasteiger partial charge in [-0.05, 0) is 6.07 Å². The third kappa shape index (κ3) is 3.10. The second kappa shape index (κ2) is 5.51. The smallest absolute Gasteiger partial charge is 0.311 e. The highest BCUT2D eigenvalue weighted by molar-refractivity contribution is 7.15. The summed E-state index contributed by atoms with van der Waals surface area (Å²) < 4.78 is 5.76. The number of rotatable bonds is 4. The Morgan fingerprint density at radius 3 is 2.83 bits per heavy atom. The molecule has 0 saturated carbocycles. The molecule has 2 aromatic rings. The zero-order valence-corrected chi connectivity index (χ0v) is 11.1. The molecule has 18 heavy (non-hydrogen) atoms. The Kier molecular flexibility index (Phi) is 4.00. The number of nitro groups is 1. The molecule has 0 fully saturated rings. The van der Waals surface area contributed by atoms with Gasteiger partial charge in [0.2, 0.25) is 0 Å². The number of nitrogens with zero attached hydrogens (tertiary/aromatic N) is 2. The SMILES string of the molecule is O=[N+]([O-])c1ccc(Cl)cc1OCc1cnc(Cl)s1. The van der Waals surface area contributed by atoms with Crippen LogP contribution >= 0.6 is 34.5 Å². The van der Waals surface area contributed by atoms with Crippen LogP contribution < -0.4 is 4.74 Å². The standard InChI is InChI=1S/C10H6Cl2N2O3S/c11-6-1-2-8(14(15)16)9(3-6)17-5-7-4-13-10(12)18-7/h1-4H,5H2. The lowest BCUT2D eigenvalue weighted by atomic mass is 10.3. The predicted octanol–water partition coefficient (Wildman–Crippen LogP) is 3.94. The van der Waals surface area contributed by atoms with Crippen molar-refractivity contribution in [1.82, 2.24) is 4.98 Å². The predicted molar refractivity (Wildman–Crippen MR) is 69.6 cm³/mol. The number of aromatic nitrogens is 1. The summed E-state index contributed by atoms with van der Waals surface area (Å²) in [5, 5.41) is 11.2. The van der Waals surface area contributed by atoms with Crippen molar-refractivity contribution in [3.8, 4) is 5.75 Å². The molecule has 0 atom stereocenters. The maximum absolute atomic E-state index is 10.8. The van der Waals surface area contributed by atoms with Crippen molar-refractivity contribution in [2.75, 3.05) is 0 Å². The van der Waals surface area contributed by atoms with Crippen molar-refractivity contribution >= 4 is 40.2 Å². The van der Waals surface area contributed by atoms with Gasteiger partial charge in [-0.1, -0.05) is 23.2 Å². The van der Waals surface area contributed by atoms with Crippen LogP contribution in [0, 0.1) is 10.1 Å². The zero-order valence-electron chi connectivity index (χ0n) is 8.80. The first kappa shape index (κ1) is 13.1. The topological polar surface area (TPSA) is 65.3 Å². The fraction of sp³-hybridized carbons (Fsp3) is 0.100. The van der Waals surface area contributed by atoms with E-state index in [4.69, 9.17) is 27.9 Å². The minimum Gasteiger partial charge on any atom is -0.481 e. The number of ether oxygens (including phenoxy) is 1. The minimum atomic E-state index is -0.523. The van der Waals surface area contributed by atoms with Crippen molar-refractivity contribution in [2.24, 2.45) is 0 Å². The maximum Gasteiger partial charge on any atom is 0.311 e. The fourth-order valence-electron chi connectivity index (χ4n) is 1.25. The number of benzene rings is 1. The van der Waals surface area contributed by atoms with Crippen molar-refractivity contribution in [2.45, 2.75) is 6.61 Å². The summed E-state index contributed by atoms with van der Waals surface area (Å²) >= 11 is 12.7. The van der Waals surface area contributed by atoms with E-state index in [0.717, 1.165) is 4.88 Å². The van der Waals surface area contributed by atoms with Gasteiger partial charge in [0, 0.05) is 23.4 Å². The largest absolute Gasteiger partial charge is 0.481 e. The van der Waals surface area contributed by atoms with Crippen molar-refractivity contribution in [3.05, 3.63) is 48.9 Å². The average molecular weight is 305 g/mol. The average Bonchev–Trinajstić information content (AvgIpc) is 2.72. The first-order chi connectivity index (χ1) is 8.56. The van der Waals surface area contributed by atoms with Crippen LogP contribution in [0.25, 0.3) is 0 Å². The Bertz CT molecular complexity index is 588. The molecule has 0 unspecified atom stereocenters. The highest BCUT2D eigenvalue weighted by Gasteiger charge is 2.15. The van der Waals surface area contributed by atoms with Crippen LogP contribution in [-0.2, 0) is 6.61 Å². The van der Waals surface area contributed by atoms with Gasteiger partial charge >= 0.3 is 5.69 Å². The van der Waals surface area contributed by atoms with E-state index in [2.05, 4.69) is 4.98 Å². The molecule has 1 heterocycles. The van der Waals surface area contributed by atoms with Crippen LogP contribution in [0.1, 0.15) is 4.88 Å². The molecule has 0 saturated heterocycles. The Labute approximate surface area is 116 Å². The number of hydrogen-bond acceptors (Lipinski definition) is 5. The van der Waals surface area contributed by atoms with Crippen LogP contribution in [0.2, 0.25) is 9.49 Å². The van der Waals surface area contributed by atoms with Gasteiger partial charge in [0.15, 0.2) is 10.2 Å². The van der Waals surface area contributed by atoms with Gasteiger partial charge in [-0.15, -0.1) is 11.3 Å². The van der Waals surface area contributed by atoms with Crippen LogP contribution in [0.3, 0.4) is 0 Å². The third-order valence-corrected chi connectivity index (χ3v) is 3.34. The van der Waals surface area contributed by atoms with Gasteiger partial charge in [0.25, 0.3) is 0 Å². The number of thiazole rings is 1. The summed E-state index contributed by atoms with van der Waals surface area (Å²) in [5.74, 6) is 0.122. The van der Waals surface area contributed by atoms with E-state index in [1.165, 1.54) is 29.5 Å². The molecular weight excluding hydrogens is 299 g/mol. The van der Waals surface area contributed by atoms with E-state index in [1.807, 2.05) is 0 Å². The van der Waals surface area contributed by atoms with E-state index < -0.39 is 4.92 Å². The first-order valence-corrected chi connectivity index (χ1v) is 6.30. The summed E-state index contributed by atoms with van der Waals surface area (Å²) in [7, 11) is 0.